The Hall–Kier alpha value is -0.500. The van der Waals surface area contributed by atoms with Crippen LogP contribution in [0.25, 0.3) is 0 Å². The quantitative estimate of drug-likeness (QED) is 0.862. The fraction of sp³-hybridized carbons (Fsp3) is 0.500. The second-order valence-corrected chi connectivity index (χ2v) is 6.27. The van der Waals surface area contributed by atoms with Gasteiger partial charge in [0.05, 0.1) is 0 Å². The molecule has 5 nitrogen and oxygen atoms in total. The molecule has 0 aromatic carbocycles. The molecule has 1 N–H and O–H groups in total. The van der Waals surface area contributed by atoms with Crippen LogP contribution in [0.2, 0.25) is 0 Å². The number of aromatic nitrogens is 1. The van der Waals surface area contributed by atoms with Gasteiger partial charge in [-0.1, -0.05) is 0 Å². The number of methoxy groups -OCH3 is 1. The second-order valence-electron chi connectivity index (χ2n) is 3.64. The van der Waals surface area contributed by atoms with Gasteiger partial charge < -0.3 is 4.74 Å². The van der Waals surface area contributed by atoms with Crippen LogP contribution in [0.4, 0.5) is 0 Å². The Morgan fingerprint density at radius 2 is 2.24 bits per heavy atom. The van der Waals surface area contributed by atoms with E-state index >= 15 is 0 Å². The van der Waals surface area contributed by atoms with Crippen LogP contribution >= 0.6 is 15.9 Å². The zero-order chi connectivity index (χ0) is 12.9. The van der Waals surface area contributed by atoms with Crippen LogP contribution in [0.15, 0.2) is 27.8 Å². The standard InChI is InChI=1S/C10H15BrN2O3S/c1-8(3-4-16-2)13-17(14,15)10-5-9(11)6-12-7-10/h5-8,13H,3-4H2,1-2H3. The van der Waals surface area contributed by atoms with Gasteiger partial charge in [-0.25, -0.2) is 13.1 Å². The van der Waals surface area contributed by atoms with E-state index < -0.39 is 10.0 Å². The summed E-state index contributed by atoms with van der Waals surface area (Å²) in [7, 11) is -1.93. The molecule has 0 aliphatic carbocycles. The van der Waals surface area contributed by atoms with Crippen molar-refractivity contribution in [2.24, 2.45) is 0 Å². The van der Waals surface area contributed by atoms with Crippen LogP contribution in [0.5, 0.6) is 0 Å². The first-order valence-corrected chi connectivity index (χ1v) is 7.35. The Morgan fingerprint density at radius 1 is 1.53 bits per heavy atom. The maximum Gasteiger partial charge on any atom is 0.242 e. The summed E-state index contributed by atoms with van der Waals surface area (Å²) in [4.78, 5) is 3.98. The van der Waals surface area contributed by atoms with Gasteiger partial charge in [0, 0.05) is 36.6 Å². The molecular weight excluding hydrogens is 308 g/mol. The minimum absolute atomic E-state index is 0.149. The van der Waals surface area contributed by atoms with Crippen molar-refractivity contribution in [2.75, 3.05) is 13.7 Å². The molecule has 1 unspecified atom stereocenters. The van der Waals surface area contributed by atoms with Crippen LogP contribution in [0.3, 0.4) is 0 Å². The Bertz CT molecular complexity index is 464. The van der Waals surface area contributed by atoms with Crippen LogP contribution in [0, 0.1) is 0 Å². The molecular formula is C10H15BrN2O3S. The molecule has 0 spiro atoms. The van der Waals surface area contributed by atoms with Crippen molar-refractivity contribution in [1.29, 1.82) is 0 Å². The molecule has 0 fully saturated rings. The van der Waals surface area contributed by atoms with Gasteiger partial charge >= 0.3 is 0 Å². The van der Waals surface area contributed by atoms with Crippen LogP contribution < -0.4 is 4.72 Å². The number of rotatable bonds is 6. The van der Waals surface area contributed by atoms with Gasteiger partial charge in [-0.05, 0) is 35.3 Å². The molecule has 0 saturated carbocycles. The molecule has 1 aromatic heterocycles. The summed E-state index contributed by atoms with van der Waals surface area (Å²) in [5, 5.41) is 0. The van der Waals surface area contributed by atoms with Crippen LogP contribution in [-0.2, 0) is 14.8 Å². The summed E-state index contributed by atoms with van der Waals surface area (Å²) in [5.74, 6) is 0. The van der Waals surface area contributed by atoms with Gasteiger partial charge in [0.25, 0.3) is 0 Å². The topological polar surface area (TPSA) is 68.3 Å². The minimum atomic E-state index is -3.51. The van der Waals surface area contributed by atoms with E-state index in [-0.39, 0.29) is 10.9 Å². The molecule has 0 aliphatic rings. The molecule has 1 atom stereocenters. The van der Waals surface area contributed by atoms with E-state index in [9.17, 15) is 8.42 Å². The lowest BCUT2D eigenvalue weighted by molar-refractivity contribution is 0.188. The highest BCUT2D eigenvalue weighted by Crippen LogP contribution is 2.14. The number of pyridine rings is 1. The van der Waals surface area contributed by atoms with E-state index in [2.05, 4.69) is 25.6 Å². The van der Waals surface area contributed by atoms with Crippen molar-refractivity contribution in [3.05, 3.63) is 22.9 Å². The van der Waals surface area contributed by atoms with Gasteiger partial charge in [-0.3, -0.25) is 4.98 Å². The van der Waals surface area contributed by atoms with Gasteiger partial charge in [-0.15, -0.1) is 0 Å². The van der Waals surface area contributed by atoms with E-state index in [1.165, 1.54) is 18.5 Å². The Kier molecular flexibility index (Phi) is 5.51. The Labute approximate surface area is 110 Å². The summed E-state index contributed by atoms with van der Waals surface area (Å²) in [6.07, 6.45) is 3.47. The molecule has 0 amide bonds. The molecule has 7 heteroatoms. The van der Waals surface area contributed by atoms with Gasteiger partial charge in [0.15, 0.2) is 0 Å². The second kappa shape index (κ2) is 6.44. The number of halogens is 1. The van der Waals surface area contributed by atoms with Crippen molar-refractivity contribution in [1.82, 2.24) is 9.71 Å². The predicted octanol–water partition coefficient (Wildman–Crippen LogP) is 1.55. The molecule has 17 heavy (non-hydrogen) atoms. The average molecular weight is 323 g/mol. The summed E-state index contributed by atoms with van der Waals surface area (Å²) in [6.45, 7) is 2.31. The number of ether oxygens (including phenoxy) is 1. The van der Waals surface area contributed by atoms with Gasteiger partial charge in [-0.2, -0.15) is 0 Å². The van der Waals surface area contributed by atoms with Gasteiger partial charge in [0.2, 0.25) is 10.0 Å². The molecule has 0 aliphatic heterocycles. The lowest BCUT2D eigenvalue weighted by atomic mass is 10.3. The molecule has 1 heterocycles. The fourth-order valence-corrected chi connectivity index (χ4v) is 3.01. The highest BCUT2D eigenvalue weighted by atomic mass is 79.9. The minimum Gasteiger partial charge on any atom is -0.385 e. The van der Waals surface area contributed by atoms with E-state index in [0.29, 0.717) is 17.5 Å². The zero-order valence-corrected chi connectivity index (χ0v) is 12.1. The fourth-order valence-electron chi connectivity index (χ4n) is 1.23. The lowest BCUT2D eigenvalue weighted by Crippen LogP contribution is -2.33. The van der Waals surface area contributed by atoms with Crippen molar-refractivity contribution in [2.45, 2.75) is 24.3 Å². The van der Waals surface area contributed by atoms with E-state index in [4.69, 9.17) is 4.74 Å². The molecule has 1 aromatic rings. The van der Waals surface area contributed by atoms with Crippen LogP contribution in [-0.4, -0.2) is 33.2 Å². The van der Waals surface area contributed by atoms with Crippen LogP contribution in [0.1, 0.15) is 13.3 Å². The lowest BCUT2D eigenvalue weighted by Gasteiger charge is -2.13. The third-order valence-corrected chi connectivity index (χ3v) is 4.09. The monoisotopic (exact) mass is 322 g/mol. The molecule has 0 saturated heterocycles. The number of hydrogen-bond donors (Lipinski definition) is 1. The SMILES string of the molecule is COCCC(C)NS(=O)(=O)c1cncc(Br)c1. The molecule has 0 bridgehead atoms. The summed E-state index contributed by atoms with van der Waals surface area (Å²) in [6, 6.07) is 1.33. The van der Waals surface area contributed by atoms with E-state index in [0.717, 1.165) is 0 Å². The Balaban J connectivity index is 2.75. The average Bonchev–Trinajstić information content (AvgIpc) is 2.26. The largest absolute Gasteiger partial charge is 0.385 e. The first-order chi connectivity index (χ1) is 7.95. The normalized spacial score (nSPS) is 13.6. The third kappa shape index (κ3) is 4.71. The van der Waals surface area contributed by atoms with Gasteiger partial charge in [0.1, 0.15) is 4.90 Å². The highest BCUT2D eigenvalue weighted by molar-refractivity contribution is 9.10. The Morgan fingerprint density at radius 3 is 2.82 bits per heavy atom. The van der Waals surface area contributed by atoms with E-state index in [1.807, 2.05) is 0 Å². The first kappa shape index (κ1) is 14.6. The predicted molar refractivity (Wildman–Crippen MR) is 68.2 cm³/mol. The smallest absolute Gasteiger partial charge is 0.242 e. The van der Waals surface area contributed by atoms with Crippen molar-refractivity contribution in [3.63, 3.8) is 0 Å². The molecule has 96 valence electrons. The number of sulfonamides is 1. The third-order valence-electron chi connectivity index (χ3n) is 2.10. The highest BCUT2D eigenvalue weighted by Gasteiger charge is 2.17. The van der Waals surface area contributed by atoms with E-state index in [1.54, 1.807) is 14.0 Å². The van der Waals surface area contributed by atoms with Crippen molar-refractivity contribution >= 4 is 26.0 Å². The summed E-state index contributed by atoms with van der Waals surface area (Å²) in [5.41, 5.74) is 0. The van der Waals surface area contributed by atoms with Crippen molar-refractivity contribution in [3.8, 4) is 0 Å². The first-order valence-electron chi connectivity index (χ1n) is 5.07. The maximum absolute atomic E-state index is 11.9. The number of nitrogens with one attached hydrogen (secondary N) is 1. The van der Waals surface area contributed by atoms with Crippen molar-refractivity contribution < 1.29 is 13.2 Å². The number of nitrogens with zero attached hydrogens (tertiary/aromatic N) is 1. The zero-order valence-electron chi connectivity index (χ0n) is 9.68. The molecule has 0 radical (unpaired) electrons. The number of hydrogen-bond acceptors (Lipinski definition) is 4. The molecule has 1 rings (SSSR count). The summed E-state index contributed by atoms with van der Waals surface area (Å²) < 4.78 is 32.0. The maximum atomic E-state index is 11.9. The summed E-state index contributed by atoms with van der Waals surface area (Å²) >= 11 is 3.19.